The van der Waals surface area contributed by atoms with E-state index in [0.717, 1.165) is 11.1 Å². The minimum Gasteiger partial charge on any atom is -0.478 e. The topological polar surface area (TPSA) is 93.5 Å². The van der Waals surface area contributed by atoms with Gasteiger partial charge in [-0.1, -0.05) is 18.2 Å². The number of hydrogen-bond donors (Lipinski definition) is 2. The van der Waals surface area contributed by atoms with Crippen LogP contribution in [0.1, 0.15) is 11.1 Å². The number of aliphatic carboxylic acids is 1. The van der Waals surface area contributed by atoms with Gasteiger partial charge in [-0.2, -0.15) is 5.10 Å². The number of ether oxygens (including phenoxy) is 1. The van der Waals surface area contributed by atoms with Crippen LogP contribution in [0.4, 0.5) is 10.5 Å². The van der Waals surface area contributed by atoms with Crippen molar-refractivity contribution >= 4 is 17.7 Å². The number of nitrogens with one attached hydrogen (secondary N) is 1. The summed E-state index contributed by atoms with van der Waals surface area (Å²) in [6, 6.07) is 7.23. The van der Waals surface area contributed by atoms with Gasteiger partial charge in [-0.3, -0.25) is 10.00 Å². The Bertz CT molecular complexity index is 647. The number of carbonyl (C=O) groups excluding carboxylic acids is 1. The second-order valence-corrected chi connectivity index (χ2v) is 4.85. The van der Waals surface area contributed by atoms with Crippen LogP contribution >= 0.6 is 0 Å². The minimum atomic E-state index is -1.32. The number of amides is 1. The molecule has 2 N–H and O–H groups in total. The van der Waals surface area contributed by atoms with E-state index in [-0.39, 0.29) is 6.54 Å². The Morgan fingerprint density at radius 3 is 2.55 bits per heavy atom. The lowest BCUT2D eigenvalue weighted by molar-refractivity contribution is -0.147. The van der Waals surface area contributed by atoms with E-state index in [0.29, 0.717) is 5.69 Å². The lowest BCUT2D eigenvalue weighted by atomic mass is 10.1. The van der Waals surface area contributed by atoms with E-state index < -0.39 is 18.2 Å². The fourth-order valence-electron chi connectivity index (χ4n) is 2.02. The van der Waals surface area contributed by atoms with E-state index in [1.54, 1.807) is 12.3 Å². The molecule has 0 bridgehead atoms. The fourth-order valence-corrected chi connectivity index (χ4v) is 2.02. The first-order valence-electron chi connectivity index (χ1n) is 6.71. The number of aromatic nitrogens is 2. The second-order valence-electron chi connectivity index (χ2n) is 4.85. The van der Waals surface area contributed by atoms with Crippen LogP contribution in [-0.4, -0.2) is 33.1 Å². The molecule has 0 aliphatic heterocycles. The molecule has 22 heavy (non-hydrogen) atoms. The van der Waals surface area contributed by atoms with Crippen molar-refractivity contribution in [3.8, 4) is 0 Å². The Balaban J connectivity index is 2.04. The molecule has 116 valence electrons. The molecule has 0 saturated heterocycles. The lowest BCUT2D eigenvalue weighted by Crippen LogP contribution is -2.33. The monoisotopic (exact) mass is 303 g/mol. The zero-order valence-electron chi connectivity index (χ0n) is 12.3. The number of benzene rings is 1. The number of anilines is 1. The van der Waals surface area contributed by atoms with Crippen molar-refractivity contribution in [3.05, 3.63) is 47.8 Å². The Morgan fingerprint density at radius 2 is 2.00 bits per heavy atom. The standard InChI is InChI=1S/C15H17N3O4/c1-10-5-3-6-11(2)13(10)17-15(21)22-12(14(19)20)9-18-8-4-7-16-18/h3-8,12H,9H2,1-2H3,(H,17,21)(H,19,20). The third-order valence-electron chi connectivity index (χ3n) is 3.14. The third kappa shape index (κ3) is 3.85. The van der Waals surface area contributed by atoms with Gasteiger partial charge in [-0.25, -0.2) is 9.59 Å². The molecule has 0 aliphatic carbocycles. The van der Waals surface area contributed by atoms with Crippen LogP contribution in [0, 0.1) is 13.8 Å². The number of rotatable bonds is 5. The second kappa shape index (κ2) is 6.75. The largest absolute Gasteiger partial charge is 0.478 e. The molecule has 7 heteroatoms. The van der Waals surface area contributed by atoms with Crippen molar-refractivity contribution in [1.82, 2.24) is 9.78 Å². The summed E-state index contributed by atoms with van der Waals surface area (Å²) in [4.78, 5) is 23.1. The molecule has 7 nitrogen and oxygen atoms in total. The summed E-state index contributed by atoms with van der Waals surface area (Å²) in [7, 11) is 0. The molecular weight excluding hydrogens is 286 g/mol. The average Bonchev–Trinajstić information content (AvgIpc) is 2.95. The van der Waals surface area contributed by atoms with E-state index in [1.165, 1.54) is 10.9 Å². The maximum Gasteiger partial charge on any atom is 0.412 e. The summed E-state index contributed by atoms with van der Waals surface area (Å²) >= 11 is 0. The van der Waals surface area contributed by atoms with Crippen molar-refractivity contribution in [2.75, 3.05) is 5.32 Å². The molecule has 0 aliphatic rings. The molecule has 1 unspecified atom stereocenters. The van der Waals surface area contributed by atoms with Crippen LogP contribution in [0.2, 0.25) is 0 Å². The first-order valence-corrected chi connectivity index (χ1v) is 6.71. The Kier molecular flexibility index (Phi) is 4.77. The first kappa shape index (κ1) is 15.6. The number of nitrogens with zero attached hydrogens (tertiary/aromatic N) is 2. The molecule has 2 rings (SSSR count). The van der Waals surface area contributed by atoms with Crippen molar-refractivity contribution < 1.29 is 19.4 Å². The van der Waals surface area contributed by atoms with Gasteiger partial charge in [0.2, 0.25) is 6.10 Å². The molecule has 0 fully saturated rings. The van der Waals surface area contributed by atoms with Crippen molar-refractivity contribution in [3.63, 3.8) is 0 Å². The Hall–Kier alpha value is -2.83. The van der Waals surface area contributed by atoms with Gasteiger partial charge in [-0.15, -0.1) is 0 Å². The molecule has 0 saturated carbocycles. The van der Waals surface area contributed by atoms with Crippen molar-refractivity contribution in [2.45, 2.75) is 26.5 Å². The van der Waals surface area contributed by atoms with E-state index in [9.17, 15) is 9.59 Å². The number of aryl methyl sites for hydroxylation is 2. The van der Waals surface area contributed by atoms with Crippen molar-refractivity contribution in [2.24, 2.45) is 0 Å². The normalized spacial score (nSPS) is 11.7. The van der Waals surface area contributed by atoms with Crippen LogP contribution < -0.4 is 5.32 Å². The van der Waals surface area contributed by atoms with Gasteiger partial charge >= 0.3 is 12.1 Å². The van der Waals surface area contributed by atoms with E-state index in [4.69, 9.17) is 9.84 Å². The molecule has 1 atom stereocenters. The predicted molar refractivity (Wildman–Crippen MR) is 79.7 cm³/mol. The molecule has 0 radical (unpaired) electrons. The Morgan fingerprint density at radius 1 is 1.32 bits per heavy atom. The molecule has 0 spiro atoms. The number of carboxylic acids is 1. The fraction of sp³-hybridized carbons (Fsp3) is 0.267. The van der Waals surface area contributed by atoms with Crippen LogP contribution in [0.25, 0.3) is 0 Å². The van der Waals surface area contributed by atoms with Crippen LogP contribution in [-0.2, 0) is 16.1 Å². The molecule has 1 aromatic carbocycles. The molecule has 1 aromatic heterocycles. The van der Waals surface area contributed by atoms with E-state index in [1.807, 2.05) is 32.0 Å². The summed E-state index contributed by atoms with van der Waals surface area (Å²) in [6.07, 6.45) is 0.999. The zero-order valence-corrected chi connectivity index (χ0v) is 12.3. The average molecular weight is 303 g/mol. The third-order valence-corrected chi connectivity index (χ3v) is 3.14. The van der Waals surface area contributed by atoms with Gasteiger partial charge in [0.1, 0.15) is 0 Å². The smallest absolute Gasteiger partial charge is 0.412 e. The lowest BCUT2D eigenvalue weighted by Gasteiger charge is -2.16. The van der Waals surface area contributed by atoms with Crippen LogP contribution in [0.3, 0.4) is 0 Å². The predicted octanol–water partition coefficient (Wildman–Crippen LogP) is 2.20. The highest BCUT2D eigenvalue weighted by Gasteiger charge is 2.23. The van der Waals surface area contributed by atoms with Crippen LogP contribution in [0.5, 0.6) is 0 Å². The van der Waals surface area contributed by atoms with Gasteiger partial charge in [0.25, 0.3) is 0 Å². The number of carbonyl (C=O) groups is 2. The first-order chi connectivity index (χ1) is 10.5. The maximum atomic E-state index is 11.9. The quantitative estimate of drug-likeness (QED) is 0.883. The highest BCUT2D eigenvalue weighted by atomic mass is 16.6. The summed E-state index contributed by atoms with van der Waals surface area (Å²) in [5.41, 5.74) is 2.36. The number of hydrogen-bond acceptors (Lipinski definition) is 4. The highest BCUT2D eigenvalue weighted by Crippen LogP contribution is 2.19. The molecule has 2 aromatic rings. The van der Waals surface area contributed by atoms with Crippen LogP contribution in [0.15, 0.2) is 36.7 Å². The summed E-state index contributed by atoms with van der Waals surface area (Å²) in [5, 5.41) is 15.6. The number of carboxylic acid groups (broad SMARTS) is 1. The van der Waals surface area contributed by atoms with Gasteiger partial charge in [-0.05, 0) is 31.0 Å². The van der Waals surface area contributed by atoms with Gasteiger partial charge in [0, 0.05) is 18.1 Å². The zero-order chi connectivity index (χ0) is 16.1. The van der Waals surface area contributed by atoms with Gasteiger partial charge < -0.3 is 9.84 Å². The minimum absolute atomic E-state index is 0.0531. The maximum absolute atomic E-state index is 11.9. The number of para-hydroxylation sites is 1. The Labute approximate surface area is 127 Å². The molecular formula is C15H17N3O4. The van der Waals surface area contributed by atoms with Crippen molar-refractivity contribution in [1.29, 1.82) is 0 Å². The summed E-state index contributed by atoms with van der Waals surface area (Å²) < 4.78 is 6.38. The molecule has 1 amide bonds. The highest BCUT2D eigenvalue weighted by molar-refractivity contribution is 5.88. The van der Waals surface area contributed by atoms with E-state index >= 15 is 0 Å². The van der Waals surface area contributed by atoms with Gasteiger partial charge in [0.15, 0.2) is 0 Å². The van der Waals surface area contributed by atoms with E-state index in [2.05, 4.69) is 10.4 Å². The molecule has 1 heterocycles. The summed E-state index contributed by atoms with van der Waals surface area (Å²) in [5.74, 6) is -1.23. The summed E-state index contributed by atoms with van der Waals surface area (Å²) in [6.45, 7) is 3.64. The SMILES string of the molecule is Cc1cccc(C)c1NC(=O)OC(Cn1cccn1)C(=O)O. The van der Waals surface area contributed by atoms with Gasteiger partial charge in [0.05, 0.1) is 6.54 Å².